The van der Waals surface area contributed by atoms with Crippen molar-refractivity contribution in [1.82, 2.24) is 10.6 Å². The lowest BCUT2D eigenvalue weighted by Gasteiger charge is -2.14. The van der Waals surface area contributed by atoms with Gasteiger partial charge in [-0.3, -0.25) is 4.79 Å². The molecular weight excluding hydrogens is 212 g/mol. The molecule has 1 rings (SSSR count). The molecule has 1 atom stereocenters. The van der Waals surface area contributed by atoms with E-state index >= 15 is 0 Å². The van der Waals surface area contributed by atoms with E-state index in [4.69, 9.17) is 0 Å². The number of carbonyl (C=O) groups excluding carboxylic acids is 1. The summed E-state index contributed by atoms with van der Waals surface area (Å²) in [4.78, 5) is 11.4. The van der Waals surface area contributed by atoms with Crippen molar-refractivity contribution in [2.75, 3.05) is 13.1 Å². The summed E-state index contributed by atoms with van der Waals surface area (Å²) in [6.45, 7) is 7.30. The Balaban J connectivity index is 2.36. The Bertz CT molecular complexity index is 346. The number of hydrogen-bond donors (Lipinski definition) is 2. The predicted octanol–water partition coefficient (Wildman–Crippen LogP) is 2.17. The van der Waals surface area contributed by atoms with Crippen molar-refractivity contribution in [1.29, 1.82) is 0 Å². The molecule has 94 valence electrons. The molecule has 1 amide bonds. The van der Waals surface area contributed by atoms with Crippen LogP contribution in [0.15, 0.2) is 24.3 Å². The summed E-state index contributed by atoms with van der Waals surface area (Å²) in [7, 11) is 0. The maximum absolute atomic E-state index is 11.4. The zero-order valence-corrected chi connectivity index (χ0v) is 10.9. The van der Waals surface area contributed by atoms with Gasteiger partial charge >= 0.3 is 0 Å². The van der Waals surface area contributed by atoms with E-state index in [1.807, 2.05) is 6.92 Å². The quantitative estimate of drug-likeness (QED) is 0.792. The van der Waals surface area contributed by atoms with Gasteiger partial charge in [-0.1, -0.05) is 36.8 Å². The summed E-state index contributed by atoms with van der Waals surface area (Å²) in [5, 5.41) is 6.06. The van der Waals surface area contributed by atoms with E-state index in [0.29, 0.717) is 6.54 Å². The van der Waals surface area contributed by atoms with Crippen LogP contribution in [0.1, 0.15) is 37.4 Å². The van der Waals surface area contributed by atoms with E-state index in [9.17, 15) is 4.79 Å². The van der Waals surface area contributed by atoms with E-state index < -0.39 is 0 Å². The molecule has 1 unspecified atom stereocenters. The second-order valence-corrected chi connectivity index (χ2v) is 4.36. The van der Waals surface area contributed by atoms with Crippen molar-refractivity contribution in [3.63, 3.8) is 0 Å². The summed E-state index contributed by atoms with van der Waals surface area (Å²) in [6, 6.07) is 8.56. The standard InChI is InChI=1S/C14H22N2O/c1-4-9-15-14(17)10-16-12(3)13-7-5-11(2)6-8-13/h5-8,12,16H,4,9-10H2,1-3H3,(H,15,17). The van der Waals surface area contributed by atoms with Crippen LogP contribution in [0.2, 0.25) is 0 Å². The van der Waals surface area contributed by atoms with Crippen molar-refractivity contribution < 1.29 is 4.79 Å². The number of amides is 1. The van der Waals surface area contributed by atoms with Crippen LogP contribution in [0, 0.1) is 6.92 Å². The van der Waals surface area contributed by atoms with Gasteiger partial charge < -0.3 is 10.6 Å². The Morgan fingerprint density at radius 3 is 2.53 bits per heavy atom. The molecule has 0 spiro atoms. The summed E-state index contributed by atoms with van der Waals surface area (Å²) in [6.07, 6.45) is 0.971. The van der Waals surface area contributed by atoms with Crippen LogP contribution in [-0.2, 0) is 4.79 Å². The molecule has 0 aliphatic carbocycles. The molecule has 0 aliphatic rings. The average molecular weight is 234 g/mol. The minimum absolute atomic E-state index is 0.0609. The zero-order chi connectivity index (χ0) is 12.7. The third-order valence-electron chi connectivity index (χ3n) is 2.72. The molecule has 0 saturated carbocycles. The lowest BCUT2D eigenvalue weighted by Crippen LogP contribution is -2.35. The molecule has 17 heavy (non-hydrogen) atoms. The van der Waals surface area contributed by atoms with Gasteiger partial charge in [-0.05, 0) is 25.8 Å². The predicted molar refractivity (Wildman–Crippen MR) is 70.9 cm³/mol. The average Bonchev–Trinajstić information content (AvgIpc) is 2.34. The lowest BCUT2D eigenvalue weighted by atomic mass is 10.1. The zero-order valence-electron chi connectivity index (χ0n) is 10.9. The Kier molecular flexibility index (Phi) is 5.70. The summed E-state index contributed by atoms with van der Waals surface area (Å²) in [5.41, 5.74) is 2.46. The first-order valence-corrected chi connectivity index (χ1v) is 6.20. The van der Waals surface area contributed by atoms with Crippen LogP contribution in [-0.4, -0.2) is 19.0 Å². The van der Waals surface area contributed by atoms with Crippen molar-refractivity contribution in [3.05, 3.63) is 35.4 Å². The van der Waals surface area contributed by atoms with E-state index in [-0.39, 0.29) is 11.9 Å². The van der Waals surface area contributed by atoms with Gasteiger partial charge in [-0.15, -0.1) is 0 Å². The number of rotatable bonds is 6. The molecule has 2 N–H and O–H groups in total. The van der Waals surface area contributed by atoms with Crippen molar-refractivity contribution in [2.24, 2.45) is 0 Å². The maximum atomic E-state index is 11.4. The van der Waals surface area contributed by atoms with Crippen molar-refractivity contribution in [3.8, 4) is 0 Å². The van der Waals surface area contributed by atoms with Gasteiger partial charge in [0.15, 0.2) is 0 Å². The fourth-order valence-electron chi connectivity index (χ4n) is 1.55. The van der Waals surface area contributed by atoms with Crippen LogP contribution >= 0.6 is 0 Å². The molecule has 0 fully saturated rings. The Morgan fingerprint density at radius 1 is 1.29 bits per heavy atom. The van der Waals surface area contributed by atoms with Gasteiger partial charge in [0, 0.05) is 12.6 Å². The molecule has 3 nitrogen and oxygen atoms in total. The normalized spacial score (nSPS) is 12.2. The van der Waals surface area contributed by atoms with Gasteiger partial charge in [-0.2, -0.15) is 0 Å². The fraction of sp³-hybridized carbons (Fsp3) is 0.500. The fourth-order valence-corrected chi connectivity index (χ4v) is 1.55. The van der Waals surface area contributed by atoms with Crippen molar-refractivity contribution >= 4 is 5.91 Å². The minimum atomic E-state index is 0.0609. The molecule has 0 saturated heterocycles. The number of benzene rings is 1. The highest BCUT2D eigenvalue weighted by Crippen LogP contribution is 2.12. The van der Waals surface area contributed by atoms with Crippen LogP contribution in [0.5, 0.6) is 0 Å². The van der Waals surface area contributed by atoms with Gasteiger partial charge in [0.05, 0.1) is 6.54 Å². The number of hydrogen-bond acceptors (Lipinski definition) is 2. The second-order valence-electron chi connectivity index (χ2n) is 4.36. The van der Waals surface area contributed by atoms with Gasteiger partial charge in [0.25, 0.3) is 0 Å². The topological polar surface area (TPSA) is 41.1 Å². The molecule has 1 aromatic carbocycles. The van der Waals surface area contributed by atoms with E-state index in [1.165, 1.54) is 11.1 Å². The molecule has 0 radical (unpaired) electrons. The highest BCUT2D eigenvalue weighted by atomic mass is 16.1. The monoisotopic (exact) mass is 234 g/mol. The molecule has 1 aromatic rings. The van der Waals surface area contributed by atoms with Crippen LogP contribution < -0.4 is 10.6 Å². The lowest BCUT2D eigenvalue weighted by molar-refractivity contribution is -0.120. The second kappa shape index (κ2) is 7.07. The molecule has 0 bridgehead atoms. The Labute approximate surface area is 104 Å². The van der Waals surface area contributed by atoms with Crippen molar-refractivity contribution in [2.45, 2.75) is 33.2 Å². The van der Waals surface area contributed by atoms with Gasteiger partial charge in [0.1, 0.15) is 0 Å². The van der Waals surface area contributed by atoms with Crippen LogP contribution in [0.3, 0.4) is 0 Å². The largest absolute Gasteiger partial charge is 0.355 e. The smallest absolute Gasteiger partial charge is 0.233 e. The van der Waals surface area contributed by atoms with Gasteiger partial charge in [0.2, 0.25) is 5.91 Å². The summed E-state index contributed by atoms with van der Waals surface area (Å²) < 4.78 is 0. The van der Waals surface area contributed by atoms with E-state index in [0.717, 1.165) is 13.0 Å². The highest BCUT2D eigenvalue weighted by molar-refractivity contribution is 5.77. The molecule has 0 aromatic heterocycles. The molecule has 0 heterocycles. The minimum Gasteiger partial charge on any atom is -0.355 e. The number of aryl methyl sites for hydroxylation is 1. The van der Waals surface area contributed by atoms with E-state index in [1.54, 1.807) is 0 Å². The first kappa shape index (κ1) is 13.7. The third-order valence-corrected chi connectivity index (χ3v) is 2.72. The van der Waals surface area contributed by atoms with Crippen LogP contribution in [0.4, 0.5) is 0 Å². The molecule has 0 aliphatic heterocycles. The Hall–Kier alpha value is -1.35. The first-order valence-electron chi connectivity index (χ1n) is 6.20. The first-order chi connectivity index (χ1) is 8.13. The summed E-state index contributed by atoms with van der Waals surface area (Å²) in [5.74, 6) is 0.0609. The molecular formula is C14H22N2O. The number of nitrogens with one attached hydrogen (secondary N) is 2. The highest BCUT2D eigenvalue weighted by Gasteiger charge is 2.06. The SMILES string of the molecule is CCCNC(=O)CNC(C)c1ccc(C)cc1. The summed E-state index contributed by atoms with van der Waals surface area (Å²) >= 11 is 0. The van der Waals surface area contributed by atoms with Crippen LogP contribution in [0.25, 0.3) is 0 Å². The maximum Gasteiger partial charge on any atom is 0.233 e. The Morgan fingerprint density at radius 2 is 1.94 bits per heavy atom. The number of carbonyl (C=O) groups is 1. The van der Waals surface area contributed by atoms with Gasteiger partial charge in [-0.25, -0.2) is 0 Å². The van der Waals surface area contributed by atoms with E-state index in [2.05, 4.69) is 48.7 Å². The third kappa shape index (κ3) is 5.00. The molecule has 3 heteroatoms.